The van der Waals surface area contributed by atoms with Crippen molar-refractivity contribution < 1.29 is 23.9 Å². The molecule has 1 amide bonds. The van der Waals surface area contributed by atoms with Gasteiger partial charge in [0.2, 0.25) is 0 Å². The molecule has 6 nitrogen and oxygen atoms in total. The first-order valence-electron chi connectivity index (χ1n) is 8.11. The fourth-order valence-electron chi connectivity index (χ4n) is 2.19. The number of anilines is 1. The summed E-state index contributed by atoms with van der Waals surface area (Å²) in [7, 11) is 0. The topological polar surface area (TPSA) is 81.7 Å². The van der Waals surface area contributed by atoms with E-state index in [4.69, 9.17) is 9.47 Å². The predicted octanol–water partition coefficient (Wildman–Crippen LogP) is 3.07. The summed E-state index contributed by atoms with van der Waals surface area (Å²) in [5, 5.41) is 2.71. The number of amides is 1. The number of ether oxygens (including phenoxy) is 2. The van der Waals surface area contributed by atoms with E-state index in [-0.39, 0.29) is 12.4 Å². The van der Waals surface area contributed by atoms with Crippen LogP contribution in [-0.2, 0) is 14.3 Å². The number of nitrogens with one attached hydrogen (secondary N) is 1. The molecule has 0 saturated carbocycles. The third-order valence-corrected chi connectivity index (χ3v) is 3.63. The van der Waals surface area contributed by atoms with Gasteiger partial charge in [-0.15, -0.1) is 0 Å². The van der Waals surface area contributed by atoms with Crippen LogP contribution in [0.3, 0.4) is 0 Å². The molecule has 0 saturated heterocycles. The van der Waals surface area contributed by atoms with Crippen molar-refractivity contribution in [2.75, 3.05) is 18.5 Å². The van der Waals surface area contributed by atoms with Gasteiger partial charge in [-0.25, -0.2) is 4.79 Å². The average Bonchev–Trinajstić information content (AvgIpc) is 2.61. The zero-order chi connectivity index (χ0) is 19.1. The van der Waals surface area contributed by atoms with Crippen LogP contribution in [-0.4, -0.2) is 30.9 Å². The van der Waals surface area contributed by atoms with E-state index < -0.39 is 18.5 Å². The zero-order valence-corrected chi connectivity index (χ0v) is 15.0. The molecule has 0 spiro atoms. The molecule has 0 radical (unpaired) electrons. The highest BCUT2D eigenvalue weighted by Crippen LogP contribution is 2.16. The van der Waals surface area contributed by atoms with Gasteiger partial charge in [0.05, 0.1) is 0 Å². The first kappa shape index (κ1) is 19.2. The van der Waals surface area contributed by atoms with E-state index in [1.807, 2.05) is 32.0 Å². The molecule has 0 fully saturated rings. The molecule has 0 aliphatic heterocycles. The number of carbonyl (C=O) groups excluding carboxylic acids is 3. The molecule has 1 N–H and O–H groups in total. The zero-order valence-electron chi connectivity index (χ0n) is 15.0. The van der Waals surface area contributed by atoms with Gasteiger partial charge in [0, 0.05) is 11.3 Å². The van der Waals surface area contributed by atoms with Crippen LogP contribution < -0.4 is 10.1 Å². The second-order valence-electron chi connectivity index (χ2n) is 5.90. The van der Waals surface area contributed by atoms with E-state index >= 15 is 0 Å². The maximum atomic E-state index is 11.9. The van der Waals surface area contributed by atoms with Crippen molar-refractivity contribution in [3.8, 4) is 5.75 Å². The summed E-state index contributed by atoms with van der Waals surface area (Å²) in [6, 6.07) is 12.2. The molecule has 0 heterocycles. The minimum Gasteiger partial charge on any atom is -0.482 e. The van der Waals surface area contributed by atoms with Gasteiger partial charge in [-0.2, -0.15) is 0 Å². The normalized spacial score (nSPS) is 10.1. The van der Waals surface area contributed by atoms with Gasteiger partial charge in [-0.3, -0.25) is 9.59 Å². The van der Waals surface area contributed by atoms with E-state index in [0.29, 0.717) is 17.0 Å². The Bertz CT molecular complexity index is 829. The van der Waals surface area contributed by atoms with Crippen LogP contribution in [0.1, 0.15) is 28.4 Å². The lowest BCUT2D eigenvalue weighted by Crippen LogP contribution is -2.24. The van der Waals surface area contributed by atoms with E-state index in [0.717, 1.165) is 11.1 Å². The van der Waals surface area contributed by atoms with Gasteiger partial charge in [0.1, 0.15) is 5.75 Å². The van der Waals surface area contributed by atoms with Gasteiger partial charge < -0.3 is 14.8 Å². The largest absolute Gasteiger partial charge is 0.482 e. The second-order valence-corrected chi connectivity index (χ2v) is 5.90. The molecule has 0 bridgehead atoms. The monoisotopic (exact) mass is 355 g/mol. The number of rotatable bonds is 7. The van der Waals surface area contributed by atoms with E-state index in [2.05, 4.69) is 5.32 Å². The maximum absolute atomic E-state index is 11.9. The van der Waals surface area contributed by atoms with Gasteiger partial charge in [-0.05, 0) is 50.1 Å². The van der Waals surface area contributed by atoms with E-state index in [9.17, 15) is 14.4 Å². The van der Waals surface area contributed by atoms with Gasteiger partial charge in [0.25, 0.3) is 5.91 Å². The smallest absolute Gasteiger partial charge is 0.344 e. The van der Waals surface area contributed by atoms with Gasteiger partial charge >= 0.3 is 5.97 Å². The van der Waals surface area contributed by atoms with Crippen molar-refractivity contribution in [1.82, 2.24) is 0 Å². The average molecular weight is 355 g/mol. The first-order valence-corrected chi connectivity index (χ1v) is 8.11. The highest BCUT2D eigenvalue weighted by atomic mass is 16.6. The van der Waals surface area contributed by atoms with Crippen LogP contribution >= 0.6 is 0 Å². The third kappa shape index (κ3) is 5.73. The van der Waals surface area contributed by atoms with Crippen molar-refractivity contribution in [3.05, 3.63) is 59.2 Å². The number of hydrogen-bond donors (Lipinski definition) is 1. The summed E-state index contributed by atoms with van der Waals surface area (Å²) in [5.74, 6) is -0.810. The first-order chi connectivity index (χ1) is 12.3. The summed E-state index contributed by atoms with van der Waals surface area (Å²) in [6.45, 7) is 4.50. The molecule has 2 rings (SSSR count). The Hall–Kier alpha value is -3.15. The molecule has 0 aliphatic carbocycles. The third-order valence-electron chi connectivity index (χ3n) is 3.63. The quantitative estimate of drug-likeness (QED) is 0.610. The predicted molar refractivity (Wildman–Crippen MR) is 97.4 cm³/mol. The Morgan fingerprint density at radius 1 is 1.00 bits per heavy atom. The Labute approximate surface area is 152 Å². The van der Waals surface area contributed by atoms with E-state index in [1.54, 1.807) is 24.3 Å². The molecule has 136 valence electrons. The van der Waals surface area contributed by atoms with Crippen LogP contribution in [0.2, 0.25) is 0 Å². The fourth-order valence-corrected chi connectivity index (χ4v) is 2.19. The lowest BCUT2D eigenvalue weighted by atomic mass is 10.1. The van der Waals surface area contributed by atoms with Crippen LogP contribution in [0, 0.1) is 13.8 Å². The van der Waals surface area contributed by atoms with Crippen molar-refractivity contribution in [2.45, 2.75) is 20.8 Å². The summed E-state index contributed by atoms with van der Waals surface area (Å²) >= 11 is 0. The number of esters is 1. The number of benzene rings is 2. The molecule has 0 unspecified atom stereocenters. The highest BCUT2D eigenvalue weighted by molar-refractivity contribution is 5.94. The summed E-state index contributed by atoms with van der Waals surface area (Å²) < 4.78 is 10.2. The van der Waals surface area contributed by atoms with Crippen molar-refractivity contribution in [1.29, 1.82) is 0 Å². The van der Waals surface area contributed by atoms with Crippen LogP contribution in [0.4, 0.5) is 5.69 Å². The molecule has 6 heteroatoms. The second kappa shape index (κ2) is 8.80. The minimum absolute atomic E-state index is 0.0962. The minimum atomic E-state index is -0.672. The maximum Gasteiger partial charge on any atom is 0.344 e. The lowest BCUT2D eigenvalue weighted by Gasteiger charge is -2.10. The fraction of sp³-hybridized carbons (Fsp3) is 0.250. The SMILES string of the molecule is CC(=O)c1cccc(OCC(=O)OCC(=O)Nc2cc(C)ccc2C)c1. The Morgan fingerprint density at radius 2 is 1.77 bits per heavy atom. The van der Waals surface area contributed by atoms with Gasteiger partial charge in [-0.1, -0.05) is 24.3 Å². The lowest BCUT2D eigenvalue weighted by molar-refractivity contribution is -0.149. The number of carbonyl (C=O) groups is 3. The highest BCUT2D eigenvalue weighted by Gasteiger charge is 2.10. The standard InChI is InChI=1S/C20H21NO5/c1-13-7-8-14(2)18(9-13)21-19(23)11-26-20(24)12-25-17-6-4-5-16(10-17)15(3)22/h4-10H,11-12H2,1-3H3,(H,21,23). The van der Waals surface area contributed by atoms with Crippen molar-refractivity contribution in [3.63, 3.8) is 0 Å². The van der Waals surface area contributed by atoms with Crippen LogP contribution in [0.15, 0.2) is 42.5 Å². The molecular formula is C20H21NO5. The number of aryl methyl sites for hydroxylation is 2. The number of ketones is 1. The summed E-state index contributed by atoms with van der Waals surface area (Å²) in [5.41, 5.74) is 3.11. The van der Waals surface area contributed by atoms with Gasteiger partial charge in [0.15, 0.2) is 19.0 Å². The molecular weight excluding hydrogens is 334 g/mol. The molecule has 2 aromatic carbocycles. The van der Waals surface area contributed by atoms with Crippen LogP contribution in [0.25, 0.3) is 0 Å². The number of hydrogen-bond acceptors (Lipinski definition) is 5. The Kier molecular flexibility index (Phi) is 6.49. The Morgan fingerprint density at radius 3 is 2.50 bits per heavy atom. The van der Waals surface area contributed by atoms with Crippen molar-refractivity contribution >= 4 is 23.3 Å². The molecule has 0 aromatic heterocycles. The summed E-state index contributed by atoms with van der Waals surface area (Å²) in [4.78, 5) is 34.9. The van der Waals surface area contributed by atoms with Crippen LogP contribution in [0.5, 0.6) is 5.75 Å². The van der Waals surface area contributed by atoms with E-state index in [1.165, 1.54) is 6.92 Å². The van der Waals surface area contributed by atoms with Crippen molar-refractivity contribution in [2.24, 2.45) is 0 Å². The number of Topliss-reactive ketones (excluding diaryl/α,β-unsaturated/α-hetero) is 1. The molecule has 26 heavy (non-hydrogen) atoms. The molecule has 2 aromatic rings. The Balaban J connectivity index is 1.79. The summed E-state index contributed by atoms with van der Waals surface area (Å²) in [6.07, 6.45) is 0. The molecule has 0 aliphatic rings. The molecule has 0 atom stereocenters.